The van der Waals surface area contributed by atoms with Gasteiger partial charge in [-0.1, -0.05) is 166 Å². The van der Waals surface area contributed by atoms with E-state index in [2.05, 4.69) is 158 Å². The van der Waals surface area contributed by atoms with Crippen molar-refractivity contribution >= 4 is 32.6 Å². The third-order valence-electron chi connectivity index (χ3n) is 12.8. The Morgan fingerprint density at radius 2 is 0.984 bits per heavy atom. The molecular weight excluding hydrogens is 767 g/mol. The summed E-state index contributed by atoms with van der Waals surface area (Å²) < 4.78 is 0. The predicted molar refractivity (Wildman–Crippen MR) is 258 cm³/mol. The van der Waals surface area contributed by atoms with Crippen LogP contribution in [0.1, 0.15) is 25.0 Å². The number of hydrogen-bond acceptors (Lipinski definition) is 5. The molecule has 296 valence electrons. The fourth-order valence-electron chi connectivity index (χ4n) is 9.59. The van der Waals surface area contributed by atoms with Crippen LogP contribution in [-0.4, -0.2) is 24.9 Å². The van der Waals surface area contributed by atoms with Gasteiger partial charge in [0.25, 0.3) is 0 Å². The minimum Gasteiger partial charge on any atom is -0.254 e. The SMILES string of the molecule is CC1(C)c2ccc(-c3cc(-c4ccc(-c5cccc6cnc7cccnc7c56)cc4)cc(-c4nc(-c5ccccc5)nc(-c5ccccc5)n4)c3)cc2-c2c1ccc1ccccc21. The molecule has 8 aromatic carbocycles. The van der Waals surface area contributed by atoms with E-state index in [9.17, 15) is 0 Å². The van der Waals surface area contributed by atoms with Gasteiger partial charge in [0.05, 0.1) is 11.0 Å². The first-order chi connectivity index (χ1) is 31.0. The maximum absolute atomic E-state index is 5.18. The molecule has 1 aliphatic carbocycles. The van der Waals surface area contributed by atoms with Crippen molar-refractivity contribution in [2.45, 2.75) is 19.3 Å². The first-order valence-corrected chi connectivity index (χ1v) is 21.4. The van der Waals surface area contributed by atoms with Crippen LogP contribution in [-0.2, 0) is 5.41 Å². The Labute approximate surface area is 365 Å². The first-order valence-electron chi connectivity index (χ1n) is 21.4. The Bertz CT molecular complexity index is 3520. The van der Waals surface area contributed by atoms with Gasteiger partial charge in [-0.2, -0.15) is 0 Å². The highest BCUT2D eigenvalue weighted by molar-refractivity contribution is 6.11. The van der Waals surface area contributed by atoms with Crippen LogP contribution < -0.4 is 0 Å². The first kappa shape index (κ1) is 36.7. The summed E-state index contributed by atoms with van der Waals surface area (Å²) in [7, 11) is 0. The molecule has 0 saturated heterocycles. The van der Waals surface area contributed by atoms with Crippen LogP contribution in [0.4, 0.5) is 0 Å². The lowest BCUT2D eigenvalue weighted by atomic mass is 9.82. The quantitative estimate of drug-likeness (QED) is 0.157. The number of benzene rings is 8. The summed E-state index contributed by atoms with van der Waals surface area (Å²) in [5.74, 6) is 1.88. The Morgan fingerprint density at radius 3 is 1.73 bits per heavy atom. The van der Waals surface area contributed by atoms with E-state index >= 15 is 0 Å². The molecule has 5 nitrogen and oxygen atoms in total. The summed E-state index contributed by atoms with van der Waals surface area (Å²) >= 11 is 0. The van der Waals surface area contributed by atoms with Gasteiger partial charge in [-0.25, -0.2) is 15.0 Å². The van der Waals surface area contributed by atoms with Gasteiger partial charge in [-0.15, -0.1) is 0 Å². The number of fused-ring (bicyclic) bond motifs is 8. The minimum absolute atomic E-state index is 0.127. The maximum Gasteiger partial charge on any atom is 0.164 e. The lowest BCUT2D eigenvalue weighted by Crippen LogP contribution is -2.14. The largest absolute Gasteiger partial charge is 0.254 e. The number of rotatable bonds is 6. The van der Waals surface area contributed by atoms with E-state index in [1.807, 2.05) is 60.9 Å². The van der Waals surface area contributed by atoms with E-state index in [4.69, 9.17) is 19.9 Å². The standard InChI is InChI=1S/C58H39N5/c1-58(2)49-28-27-41(34-48(49)53-47-19-10-9-13-37(47)26-29-50(53)58)44-31-43(36-22-24-38(25-23-36)46-20-11-18-42-35-60-51-21-12-30-59-54(51)52(42)46)32-45(33-44)57-62-55(39-14-5-3-6-15-39)61-56(63-57)40-16-7-4-8-17-40/h3-35H,1-2H3. The molecular formula is C58H39N5. The highest BCUT2D eigenvalue weighted by atomic mass is 15.0. The van der Waals surface area contributed by atoms with Crippen LogP contribution in [0, 0.1) is 0 Å². The molecule has 0 aliphatic heterocycles. The van der Waals surface area contributed by atoms with Crippen LogP contribution in [0.3, 0.4) is 0 Å². The van der Waals surface area contributed by atoms with Crippen molar-refractivity contribution < 1.29 is 0 Å². The fourth-order valence-corrected chi connectivity index (χ4v) is 9.59. The summed E-state index contributed by atoms with van der Waals surface area (Å²) in [4.78, 5) is 24.8. The van der Waals surface area contributed by atoms with Gasteiger partial charge >= 0.3 is 0 Å². The molecule has 3 heterocycles. The van der Waals surface area contributed by atoms with E-state index in [-0.39, 0.29) is 5.41 Å². The van der Waals surface area contributed by atoms with Crippen molar-refractivity contribution in [1.82, 2.24) is 24.9 Å². The van der Waals surface area contributed by atoms with E-state index in [1.54, 1.807) is 0 Å². The zero-order chi connectivity index (χ0) is 42.1. The molecule has 0 fully saturated rings. The molecule has 0 saturated carbocycles. The van der Waals surface area contributed by atoms with Gasteiger partial charge in [-0.3, -0.25) is 9.97 Å². The molecule has 0 amide bonds. The van der Waals surface area contributed by atoms with Crippen molar-refractivity contribution in [2.75, 3.05) is 0 Å². The third kappa shape index (κ3) is 6.20. The smallest absolute Gasteiger partial charge is 0.164 e. The topological polar surface area (TPSA) is 64.5 Å². The zero-order valence-corrected chi connectivity index (χ0v) is 34.8. The summed E-state index contributed by atoms with van der Waals surface area (Å²) in [5, 5.41) is 4.70. The van der Waals surface area contributed by atoms with Crippen LogP contribution >= 0.6 is 0 Å². The fraction of sp³-hybridized carbons (Fsp3) is 0.0517. The van der Waals surface area contributed by atoms with Gasteiger partial charge in [0.1, 0.15) is 0 Å². The second kappa shape index (κ2) is 14.5. The molecule has 0 N–H and O–H groups in total. The minimum atomic E-state index is -0.127. The summed E-state index contributed by atoms with van der Waals surface area (Å²) in [6.07, 6.45) is 3.79. The molecule has 0 radical (unpaired) electrons. The lowest BCUT2D eigenvalue weighted by Gasteiger charge is -2.21. The average Bonchev–Trinajstić information content (AvgIpc) is 3.59. The zero-order valence-electron chi connectivity index (χ0n) is 34.8. The Balaban J connectivity index is 1.05. The van der Waals surface area contributed by atoms with Gasteiger partial charge in [0.2, 0.25) is 0 Å². The van der Waals surface area contributed by atoms with E-state index in [0.717, 1.165) is 71.9 Å². The number of nitrogens with zero attached hydrogens (tertiary/aromatic N) is 5. The molecule has 1 aliphatic rings. The Kier molecular flexibility index (Phi) is 8.44. The molecule has 0 bridgehead atoms. The molecule has 0 unspecified atom stereocenters. The van der Waals surface area contributed by atoms with Gasteiger partial charge in [0, 0.05) is 45.3 Å². The van der Waals surface area contributed by atoms with Crippen molar-refractivity contribution in [3.05, 3.63) is 212 Å². The normalized spacial score (nSPS) is 12.7. The summed E-state index contributed by atoms with van der Waals surface area (Å²) in [6, 6.07) is 66.7. The highest BCUT2D eigenvalue weighted by Crippen LogP contribution is 2.52. The van der Waals surface area contributed by atoms with Crippen LogP contribution in [0.2, 0.25) is 0 Å². The van der Waals surface area contributed by atoms with Gasteiger partial charge in [-0.05, 0) is 103 Å². The monoisotopic (exact) mass is 805 g/mol. The van der Waals surface area contributed by atoms with E-state index < -0.39 is 0 Å². The molecule has 3 aromatic heterocycles. The summed E-state index contributed by atoms with van der Waals surface area (Å²) in [5.41, 5.74) is 16.4. The van der Waals surface area contributed by atoms with Crippen molar-refractivity contribution in [1.29, 1.82) is 0 Å². The van der Waals surface area contributed by atoms with Gasteiger partial charge < -0.3 is 0 Å². The second-order valence-electron chi connectivity index (χ2n) is 16.9. The van der Waals surface area contributed by atoms with Crippen molar-refractivity contribution in [3.8, 4) is 78.7 Å². The number of pyridine rings is 2. The maximum atomic E-state index is 5.18. The molecule has 63 heavy (non-hydrogen) atoms. The van der Waals surface area contributed by atoms with Crippen LogP contribution in [0.5, 0.6) is 0 Å². The molecule has 5 heteroatoms. The second-order valence-corrected chi connectivity index (χ2v) is 16.9. The number of aromatic nitrogens is 5. The third-order valence-corrected chi connectivity index (χ3v) is 12.8. The molecule has 0 spiro atoms. The van der Waals surface area contributed by atoms with Crippen molar-refractivity contribution in [2.24, 2.45) is 0 Å². The molecule has 12 rings (SSSR count). The molecule has 0 atom stereocenters. The predicted octanol–water partition coefficient (Wildman–Crippen LogP) is 14.4. The van der Waals surface area contributed by atoms with Crippen LogP contribution in [0.15, 0.2) is 200 Å². The summed E-state index contributed by atoms with van der Waals surface area (Å²) in [6.45, 7) is 4.69. The highest BCUT2D eigenvalue weighted by Gasteiger charge is 2.36. The Hall–Kier alpha value is -8.15. The average molecular weight is 806 g/mol. The van der Waals surface area contributed by atoms with Crippen molar-refractivity contribution in [3.63, 3.8) is 0 Å². The molecule has 11 aromatic rings. The van der Waals surface area contributed by atoms with Crippen LogP contribution in [0.25, 0.3) is 111 Å². The number of hydrogen-bond donors (Lipinski definition) is 0. The van der Waals surface area contributed by atoms with Gasteiger partial charge in [0.15, 0.2) is 17.5 Å². The van der Waals surface area contributed by atoms with E-state index in [1.165, 1.54) is 33.0 Å². The Morgan fingerprint density at radius 1 is 0.381 bits per heavy atom. The lowest BCUT2D eigenvalue weighted by molar-refractivity contribution is 0.661. The van der Waals surface area contributed by atoms with E-state index in [0.29, 0.717) is 17.5 Å².